The molecule has 4 heteroatoms. The molecular formula is C25H33NO3. The van der Waals surface area contributed by atoms with Gasteiger partial charge in [-0.05, 0) is 63.0 Å². The first-order valence-corrected chi connectivity index (χ1v) is 11.0. The van der Waals surface area contributed by atoms with Crippen LogP contribution in [0.25, 0.3) is 16.5 Å². The van der Waals surface area contributed by atoms with Crippen LogP contribution in [0.2, 0.25) is 0 Å². The van der Waals surface area contributed by atoms with Gasteiger partial charge in [-0.25, -0.2) is 0 Å². The number of rotatable bonds is 3. The van der Waals surface area contributed by atoms with E-state index in [0.717, 1.165) is 59.7 Å². The zero-order chi connectivity index (χ0) is 20.7. The summed E-state index contributed by atoms with van der Waals surface area (Å²) >= 11 is 0. The van der Waals surface area contributed by atoms with Gasteiger partial charge in [-0.15, -0.1) is 0 Å². The van der Waals surface area contributed by atoms with Gasteiger partial charge in [-0.1, -0.05) is 13.8 Å². The van der Waals surface area contributed by atoms with Crippen molar-refractivity contribution >= 4 is 22.4 Å². The largest absolute Gasteiger partial charge is 0.496 e. The number of hydrogen-bond acceptors (Lipinski definition) is 3. The normalized spacial score (nSPS) is 22.7. The summed E-state index contributed by atoms with van der Waals surface area (Å²) in [6.07, 6.45) is 7.47. The number of amides is 1. The van der Waals surface area contributed by atoms with E-state index < -0.39 is 0 Å². The lowest BCUT2D eigenvalue weighted by atomic mass is 9.91. The Kier molecular flexibility index (Phi) is 5.46. The van der Waals surface area contributed by atoms with Gasteiger partial charge in [0, 0.05) is 47.7 Å². The van der Waals surface area contributed by atoms with Gasteiger partial charge in [-0.3, -0.25) is 4.79 Å². The molecule has 1 aliphatic heterocycles. The van der Waals surface area contributed by atoms with Gasteiger partial charge in [-0.2, -0.15) is 0 Å². The van der Waals surface area contributed by atoms with Crippen LogP contribution >= 0.6 is 0 Å². The monoisotopic (exact) mass is 395 g/mol. The number of allylic oxidation sites excluding steroid dienone is 1. The minimum Gasteiger partial charge on any atom is -0.496 e. The van der Waals surface area contributed by atoms with Crippen LogP contribution < -0.4 is 4.74 Å². The minimum absolute atomic E-state index is 0.106. The van der Waals surface area contributed by atoms with Crippen molar-refractivity contribution < 1.29 is 13.9 Å². The first kappa shape index (κ1) is 20.1. The smallest absolute Gasteiger partial charge is 0.246 e. The Bertz CT molecular complexity index is 958. The van der Waals surface area contributed by atoms with E-state index in [0.29, 0.717) is 11.8 Å². The molecule has 4 nitrogen and oxygen atoms in total. The molecule has 1 saturated heterocycles. The number of benzene rings is 1. The van der Waals surface area contributed by atoms with Crippen molar-refractivity contribution in [1.29, 1.82) is 0 Å². The summed E-state index contributed by atoms with van der Waals surface area (Å²) in [5.74, 6) is 3.16. The van der Waals surface area contributed by atoms with E-state index in [1.54, 1.807) is 13.2 Å². The molecule has 2 heterocycles. The number of furan rings is 1. The minimum atomic E-state index is 0.106. The Morgan fingerprint density at radius 1 is 1.21 bits per heavy atom. The van der Waals surface area contributed by atoms with E-state index in [-0.39, 0.29) is 5.91 Å². The molecule has 2 unspecified atom stereocenters. The molecule has 4 rings (SSSR count). The molecule has 1 aromatic carbocycles. The van der Waals surface area contributed by atoms with E-state index in [1.807, 2.05) is 11.8 Å². The number of hydrogen-bond donors (Lipinski definition) is 0. The van der Waals surface area contributed by atoms with Gasteiger partial charge < -0.3 is 14.1 Å². The summed E-state index contributed by atoms with van der Waals surface area (Å²) in [7, 11) is 1.70. The quantitative estimate of drug-likeness (QED) is 0.641. The van der Waals surface area contributed by atoms with Gasteiger partial charge in [0.2, 0.25) is 5.91 Å². The average molecular weight is 396 g/mol. The number of ether oxygens (including phenoxy) is 1. The second-order valence-corrected chi connectivity index (χ2v) is 9.19. The highest BCUT2D eigenvalue weighted by Gasteiger charge is 2.26. The lowest BCUT2D eigenvalue weighted by Gasteiger charge is -2.34. The van der Waals surface area contributed by atoms with Crippen LogP contribution in [0.3, 0.4) is 0 Å². The molecule has 0 radical (unpaired) electrons. The van der Waals surface area contributed by atoms with Crippen molar-refractivity contribution in [3.63, 3.8) is 0 Å². The second kappa shape index (κ2) is 7.89. The molecular weight excluding hydrogens is 362 g/mol. The van der Waals surface area contributed by atoms with Crippen LogP contribution in [-0.2, 0) is 17.6 Å². The van der Waals surface area contributed by atoms with E-state index >= 15 is 0 Å². The van der Waals surface area contributed by atoms with Crippen molar-refractivity contribution in [2.45, 2.75) is 59.8 Å². The lowest BCUT2D eigenvalue weighted by molar-refractivity contribution is -0.128. The predicted molar refractivity (Wildman–Crippen MR) is 117 cm³/mol. The fourth-order valence-electron chi connectivity index (χ4n) is 5.29. The van der Waals surface area contributed by atoms with Crippen LogP contribution in [0.5, 0.6) is 5.75 Å². The Morgan fingerprint density at radius 2 is 1.90 bits per heavy atom. The summed E-state index contributed by atoms with van der Waals surface area (Å²) in [5, 5.41) is 1.19. The van der Waals surface area contributed by atoms with Crippen LogP contribution in [0.15, 0.2) is 16.6 Å². The summed E-state index contributed by atoms with van der Waals surface area (Å²) in [6, 6.07) is 2.18. The Balaban J connectivity index is 1.73. The number of carbonyl (C=O) groups is 1. The molecule has 1 aromatic heterocycles. The van der Waals surface area contributed by atoms with E-state index in [9.17, 15) is 4.79 Å². The molecule has 0 bridgehead atoms. The van der Waals surface area contributed by atoms with Gasteiger partial charge >= 0.3 is 0 Å². The molecule has 0 spiro atoms. The third-order valence-corrected chi connectivity index (χ3v) is 6.58. The fourth-order valence-corrected chi connectivity index (χ4v) is 5.29. The molecule has 2 aliphatic rings. The van der Waals surface area contributed by atoms with Crippen molar-refractivity contribution in [3.05, 3.63) is 34.6 Å². The summed E-state index contributed by atoms with van der Waals surface area (Å²) in [6.45, 7) is 10.2. The first-order valence-electron chi connectivity index (χ1n) is 11.0. The molecule has 29 heavy (non-hydrogen) atoms. The number of aryl methyl sites for hydroxylation is 3. The number of methoxy groups -OCH3 is 1. The number of nitrogens with zero attached hydrogens (tertiary/aromatic N) is 1. The SMILES string of the molecule is COc1c(/C(C)=C/C(=O)N2CC(C)CC(C)C2)cc2c3c(oc2c1C)CCCC3. The second-order valence-electron chi connectivity index (χ2n) is 9.19. The fraction of sp³-hybridized carbons (Fsp3) is 0.560. The maximum atomic E-state index is 13.0. The Hall–Kier alpha value is -2.23. The summed E-state index contributed by atoms with van der Waals surface area (Å²) < 4.78 is 12.0. The number of fused-ring (bicyclic) bond motifs is 3. The first-order chi connectivity index (χ1) is 13.9. The van der Waals surface area contributed by atoms with Gasteiger partial charge in [0.25, 0.3) is 0 Å². The van der Waals surface area contributed by atoms with Gasteiger partial charge in [0.05, 0.1) is 7.11 Å². The van der Waals surface area contributed by atoms with Gasteiger partial charge in [0.1, 0.15) is 17.1 Å². The zero-order valence-electron chi connectivity index (χ0n) is 18.4. The molecule has 2 aromatic rings. The highest BCUT2D eigenvalue weighted by molar-refractivity contribution is 5.98. The molecule has 2 atom stereocenters. The predicted octanol–water partition coefficient (Wildman–Crippen LogP) is 5.54. The maximum Gasteiger partial charge on any atom is 0.246 e. The molecule has 156 valence electrons. The highest BCUT2D eigenvalue weighted by atomic mass is 16.5. The Morgan fingerprint density at radius 3 is 2.59 bits per heavy atom. The number of piperidine rings is 1. The molecule has 1 aliphatic carbocycles. The maximum absolute atomic E-state index is 13.0. The van der Waals surface area contributed by atoms with E-state index in [1.165, 1.54) is 30.2 Å². The third-order valence-electron chi connectivity index (χ3n) is 6.58. The third kappa shape index (κ3) is 3.70. The van der Waals surface area contributed by atoms with Crippen molar-refractivity contribution in [3.8, 4) is 5.75 Å². The van der Waals surface area contributed by atoms with Crippen LogP contribution in [-0.4, -0.2) is 31.0 Å². The summed E-state index contributed by atoms with van der Waals surface area (Å²) in [4.78, 5) is 15.0. The molecule has 1 amide bonds. The average Bonchev–Trinajstić information content (AvgIpc) is 3.06. The standard InChI is InChI=1S/C25H33NO3/c1-15-10-16(2)14-26(13-15)23(27)11-17(3)20-12-21-19-8-6-7-9-22(19)29-25(21)18(4)24(20)28-5/h11-12,15-16H,6-10,13-14H2,1-5H3/b17-11+. The van der Waals surface area contributed by atoms with E-state index in [2.05, 4.69) is 26.8 Å². The van der Waals surface area contributed by atoms with Crippen molar-refractivity contribution in [2.75, 3.05) is 20.2 Å². The lowest BCUT2D eigenvalue weighted by Crippen LogP contribution is -2.41. The summed E-state index contributed by atoms with van der Waals surface area (Å²) in [5.41, 5.74) is 5.26. The number of likely N-dealkylation sites (tertiary alicyclic amines) is 1. The molecule has 1 fully saturated rings. The Labute approximate surface area is 173 Å². The number of carbonyl (C=O) groups excluding carboxylic acids is 1. The van der Waals surface area contributed by atoms with Crippen LogP contribution in [0, 0.1) is 18.8 Å². The van der Waals surface area contributed by atoms with Crippen molar-refractivity contribution in [1.82, 2.24) is 4.90 Å². The zero-order valence-corrected chi connectivity index (χ0v) is 18.4. The topological polar surface area (TPSA) is 42.7 Å². The van der Waals surface area contributed by atoms with Crippen LogP contribution in [0.1, 0.15) is 62.5 Å². The molecule has 0 N–H and O–H groups in total. The highest BCUT2D eigenvalue weighted by Crippen LogP contribution is 2.41. The van der Waals surface area contributed by atoms with Crippen molar-refractivity contribution in [2.24, 2.45) is 11.8 Å². The molecule has 0 saturated carbocycles. The van der Waals surface area contributed by atoms with Gasteiger partial charge in [0.15, 0.2) is 0 Å². The van der Waals surface area contributed by atoms with E-state index in [4.69, 9.17) is 9.15 Å². The van der Waals surface area contributed by atoms with Crippen LogP contribution in [0.4, 0.5) is 0 Å².